The van der Waals surface area contributed by atoms with Gasteiger partial charge in [-0.2, -0.15) is 0 Å². The van der Waals surface area contributed by atoms with E-state index in [1.165, 1.54) is 6.26 Å². The van der Waals surface area contributed by atoms with Crippen LogP contribution in [0.1, 0.15) is 38.5 Å². The highest BCUT2D eigenvalue weighted by atomic mass is 32.2. The van der Waals surface area contributed by atoms with E-state index in [4.69, 9.17) is 9.47 Å². The Kier molecular flexibility index (Phi) is 5.96. The molecule has 0 spiro atoms. The molecule has 3 aliphatic rings. The van der Waals surface area contributed by atoms with Gasteiger partial charge < -0.3 is 14.8 Å². The van der Waals surface area contributed by atoms with Crippen LogP contribution < -0.4 is 10.6 Å². The fourth-order valence-corrected chi connectivity index (χ4v) is 5.18. The molecule has 2 unspecified atom stereocenters. The van der Waals surface area contributed by atoms with Crippen LogP contribution in [0.4, 0.5) is 0 Å². The summed E-state index contributed by atoms with van der Waals surface area (Å²) in [6.07, 6.45) is 7.44. The standard InChI is InChI=1S/C16H30N2O4S/c1-23(19,20)14-6-4-12(5-7-14)15-9-17-10-16(18-15)22-11-13-3-2-8-21-13/h12-18H,2-11H2,1H3/t12?,13-,14?,15?,16?/m0/s1. The molecule has 0 aromatic rings. The first-order valence-electron chi connectivity index (χ1n) is 8.91. The molecule has 2 saturated heterocycles. The minimum atomic E-state index is -2.88. The van der Waals surface area contributed by atoms with Gasteiger partial charge in [-0.3, -0.25) is 5.32 Å². The summed E-state index contributed by atoms with van der Waals surface area (Å²) in [5, 5.41) is 6.93. The molecule has 0 amide bonds. The summed E-state index contributed by atoms with van der Waals surface area (Å²) in [6, 6.07) is 0.374. The zero-order valence-electron chi connectivity index (χ0n) is 14.0. The zero-order chi connectivity index (χ0) is 16.3. The molecule has 7 heteroatoms. The second-order valence-electron chi connectivity index (χ2n) is 7.25. The van der Waals surface area contributed by atoms with Gasteiger partial charge >= 0.3 is 0 Å². The van der Waals surface area contributed by atoms with Gasteiger partial charge in [0.25, 0.3) is 0 Å². The molecular formula is C16H30N2O4S. The van der Waals surface area contributed by atoms with E-state index in [0.29, 0.717) is 18.6 Å². The lowest BCUT2D eigenvalue weighted by Gasteiger charge is -2.39. The Morgan fingerprint density at radius 1 is 1.13 bits per heavy atom. The van der Waals surface area contributed by atoms with Crippen molar-refractivity contribution in [3.8, 4) is 0 Å². The number of rotatable bonds is 5. The third-order valence-corrected chi connectivity index (χ3v) is 7.18. The first-order valence-corrected chi connectivity index (χ1v) is 10.9. The number of hydrogen-bond acceptors (Lipinski definition) is 6. The Morgan fingerprint density at radius 2 is 1.91 bits per heavy atom. The predicted octanol–water partition coefficient (Wildman–Crippen LogP) is 0.673. The summed E-state index contributed by atoms with van der Waals surface area (Å²) in [6.45, 7) is 3.28. The number of piperazine rings is 1. The molecule has 1 saturated carbocycles. The fourth-order valence-electron chi connectivity index (χ4n) is 4.05. The summed E-state index contributed by atoms with van der Waals surface area (Å²) in [5.41, 5.74) is 0. The Balaban J connectivity index is 1.43. The first kappa shape index (κ1) is 17.6. The Bertz CT molecular complexity index is 470. The van der Waals surface area contributed by atoms with Gasteiger partial charge in [0, 0.05) is 32.0 Å². The van der Waals surface area contributed by atoms with Crippen LogP contribution >= 0.6 is 0 Å². The molecule has 134 valence electrons. The van der Waals surface area contributed by atoms with Gasteiger partial charge in [-0.25, -0.2) is 8.42 Å². The molecule has 0 aromatic heterocycles. The molecule has 3 fully saturated rings. The summed E-state index contributed by atoms with van der Waals surface area (Å²) in [7, 11) is -2.88. The number of nitrogens with one attached hydrogen (secondary N) is 2. The minimum Gasteiger partial charge on any atom is -0.376 e. The van der Waals surface area contributed by atoms with Crippen LogP contribution in [0.3, 0.4) is 0 Å². The van der Waals surface area contributed by atoms with E-state index in [1.54, 1.807) is 0 Å². The maximum Gasteiger partial charge on any atom is 0.150 e. The van der Waals surface area contributed by atoms with E-state index in [0.717, 1.165) is 58.2 Å². The monoisotopic (exact) mass is 346 g/mol. The van der Waals surface area contributed by atoms with Crippen molar-refractivity contribution in [3.63, 3.8) is 0 Å². The Hall–Kier alpha value is -0.210. The highest BCUT2D eigenvalue weighted by Gasteiger charge is 2.34. The SMILES string of the molecule is CS(=O)(=O)C1CCC(C2CNCC(OC[C@@H]3CCCO3)N2)CC1. The molecule has 23 heavy (non-hydrogen) atoms. The molecule has 0 radical (unpaired) electrons. The Labute approximate surface area is 139 Å². The maximum absolute atomic E-state index is 11.7. The van der Waals surface area contributed by atoms with E-state index in [-0.39, 0.29) is 17.6 Å². The minimum absolute atomic E-state index is 0.0329. The van der Waals surface area contributed by atoms with Gasteiger partial charge in [0.2, 0.25) is 0 Å². The van der Waals surface area contributed by atoms with Crippen LogP contribution in [0.15, 0.2) is 0 Å². The van der Waals surface area contributed by atoms with Gasteiger partial charge in [-0.05, 0) is 44.4 Å². The summed E-state index contributed by atoms with van der Waals surface area (Å²) < 4.78 is 34.9. The van der Waals surface area contributed by atoms with Gasteiger partial charge in [-0.15, -0.1) is 0 Å². The lowest BCUT2D eigenvalue weighted by atomic mass is 9.83. The topological polar surface area (TPSA) is 76.7 Å². The van der Waals surface area contributed by atoms with E-state index >= 15 is 0 Å². The van der Waals surface area contributed by atoms with Crippen LogP contribution in [0, 0.1) is 5.92 Å². The van der Waals surface area contributed by atoms with Crippen molar-refractivity contribution in [3.05, 3.63) is 0 Å². The highest BCUT2D eigenvalue weighted by Crippen LogP contribution is 2.31. The number of hydrogen-bond donors (Lipinski definition) is 2. The number of ether oxygens (including phenoxy) is 2. The molecule has 2 heterocycles. The lowest BCUT2D eigenvalue weighted by Crippen LogP contribution is -2.59. The smallest absolute Gasteiger partial charge is 0.150 e. The van der Waals surface area contributed by atoms with E-state index < -0.39 is 9.84 Å². The van der Waals surface area contributed by atoms with Crippen molar-refractivity contribution in [2.45, 2.75) is 62.1 Å². The molecule has 2 aliphatic heterocycles. The largest absolute Gasteiger partial charge is 0.376 e. The summed E-state index contributed by atoms with van der Waals surface area (Å²) >= 11 is 0. The zero-order valence-corrected chi connectivity index (χ0v) is 14.8. The van der Waals surface area contributed by atoms with Crippen molar-refractivity contribution in [1.29, 1.82) is 0 Å². The average molecular weight is 346 g/mol. The molecule has 3 atom stereocenters. The molecule has 6 nitrogen and oxygen atoms in total. The second-order valence-corrected chi connectivity index (χ2v) is 9.58. The maximum atomic E-state index is 11.7. The predicted molar refractivity (Wildman–Crippen MR) is 89.1 cm³/mol. The third-order valence-electron chi connectivity index (χ3n) is 5.49. The van der Waals surface area contributed by atoms with Crippen molar-refractivity contribution in [2.24, 2.45) is 5.92 Å². The van der Waals surface area contributed by atoms with Crippen LogP contribution in [0.5, 0.6) is 0 Å². The molecule has 1 aliphatic carbocycles. The van der Waals surface area contributed by atoms with Gasteiger partial charge in [-0.1, -0.05) is 0 Å². The van der Waals surface area contributed by atoms with Crippen molar-refractivity contribution >= 4 is 9.84 Å². The van der Waals surface area contributed by atoms with E-state index in [2.05, 4.69) is 10.6 Å². The van der Waals surface area contributed by atoms with Crippen molar-refractivity contribution in [1.82, 2.24) is 10.6 Å². The van der Waals surface area contributed by atoms with Crippen LogP contribution in [-0.2, 0) is 19.3 Å². The van der Waals surface area contributed by atoms with Crippen LogP contribution in [0.2, 0.25) is 0 Å². The molecule has 0 aromatic carbocycles. The Morgan fingerprint density at radius 3 is 2.57 bits per heavy atom. The van der Waals surface area contributed by atoms with E-state index in [1.807, 2.05) is 0 Å². The lowest BCUT2D eigenvalue weighted by molar-refractivity contribution is -0.0479. The highest BCUT2D eigenvalue weighted by molar-refractivity contribution is 7.91. The second kappa shape index (κ2) is 7.78. The summed E-state index contributed by atoms with van der Waals surface area (Å²) in [5.74, 6) is 0.537. The van der Waals surface area contributed by atoms with Gasteiger partial charge in [0.05, 0.1) is 18.0 Å². The number of sulfone groups is 1. The van der Waals surface area contributed by atoms with Crippen molar-refractivity contribution < 1.29 is 17.9 Å². The normalized spacial score (nSPS) is 39.4. The first-order chi connectivity index (χ1) is 11.0. The molecule has 2 N–H and O–H groups in total. The quantitative estimate of drug-likeness (QED) is 0.762. The molecule has 0 bridgehead atoms. The van der Waals surface area contributed by atoms with Gasteiger partial charge in [0.1, 0.15) is 16.1 Å². The van der Waals surface area contributed by atoms with Crippen molar-refractivity contribution in [2.75, 3.05) is 32.6 Å². The van der Waals surface area contributed by atoms with E-state index in [9.17, 15) is 8.42 Å². The summed E-state index contributed by atoms with van der Waals surface area (Å²) in [4.78, 5) is 0. The third kappa shape index (κ3) is 4.89. The average Bonchev–Trinajstić information content (AvgIpc) is 3.06. The fraction of sp³-hybridized carbons (Fsp3) is 1.00. The van der Waals surface area contributed by atoms with Gasteiger partial charge in [0.15, 0.2) is 0 Å². The van der Waals surface area contributed by atoms with Crippen LogP contribution in [-0.4, -0.2) is 64.6 Å². The molecular weight excluding hydrogens is 316 g/mol. The van der Waals surface area contributed by atoms with Crippen LogP contribution in [0.25, 0.3) is 0 Å². The molecule has 3 rings (SSSR count).